The molecule has 1 aromatic carbocycles. The van der Waals surface area contributed by atoms with Crippen molar-refractivity contribution in [2.24, 2.45) is 0 Å². The van der Waals surface area contributed by atoms with E-state index < -0.39 is 5.60 Å². The minimum absolute atomic E-state index is 0.176. The summed E-state index contributed by atoms with van der Waals surface area (Å²) in [6.45, 7) is 8.92. The smallest absolute Gasteiger partial charge is 0.407 e. The molecule has 0 aliphatic carbocycles. The van der Waals surface area contributed by atoms with E-state index in [1.165, 1.54) is 10.6 Å². The monoisotopic (exact) mass is 379 g/mol. The third-order valence-corrected chi connectivity index (χ3v) is 5.54. The molecule has 0 radical (unpaired) electrons. The number of piperidine rings is 1. The second-order valence-corrected chi connectivity index (χ2v) is 9.17. The van der Waals surface area contributed by atoms with E-state index in [1.807, 2.05) is 20.8 Å². The highest BCUT2D eigenvalue weighted by atomic mass is 32.2. The van der Waals surface area contributed by atoms with Crippen LogP contribution in [-0.4, -0.2) is 59.4 Å². The topological polar surface area (TPSA) is 65.0 Å². The molecule has 0 unspecified atom stereocenters. The number of ether oxygens (including phenoxy) is 1. The van der Waals surface area contributed by atoms with Crippen molar-refractivity contribution in [2.75, 3.05) is 31.1 Å². The lowest BCUT2D eigenvalue weighted by atomic mass is 10.1. The zero-order valence-electron chi connectivity index (χ0n) is 15.8. The van der Waals surface area contributed by atoms with Crippen LogP contribution in [-0.2, 0) is 4.74 Å². The number of hydrogen-bond acceptors (Lipinski definition) is 6. The van der Waals surface area contributed by atoms with Crippen molar-refractivity contribution in [3.63, 3.8) is 0 Å². The molecule has 144 valence electrons. The van der Waals surface area contributed by atoms with Crippen molar-refractivity contribution in [3.8, 4) is 0 Å². The SMILES string of the molecule is CC(C)(C)OC(=O)NC1CCN(Sc2cccc(N3CC(O)C3)c2)CC1. The summed E-state index contributed by atoms with van der Waals surface area (Å²) in [5, 5.41) is 12.4. The third kappa shape index (κ3) is 5.53. The lowest BCUT2D eigenvalue weighted by Gasteiger charge is -2.38. The Hall–Kier alpha value is -1.44. The number of alkyl carbamates (subject to hydrolysis) is 1. The van der Waals surface area contributed by atoms with Crippen molar-refractivity contribution in [1.82, 2.24) is 9.62 Å². The number of β-amino-alcohol motifs (C(OH)–C–C–N with tert-alkyl or cyclic N) is 1. The van der Waals surface area contributed by atoms with Gasteiger partial charge in [-0.1, -0.05) is 6.07 Å². The summed E-state index contributed by atoms with van der Waals surface area (Å²) < 4.78 is 7.68. The van der Waals surface area contributed by atoms with Crippen LogP contribution in [0.5, 0.6) is 0 Å². The number of aliphatic hydroxyl groups is 1. The van der Waals surface area contributed by atoms with E-state index in [2.05, 4.69) is 38.8 Å². The Kier molecular flexibility index (Phi) is 5.99. The molecule has 2 aliphatic heterocycles. The maximum atomic E-state index is 11.9. The first kappa shape index (κ1) is 19.3. The fourth-order valence-electron chi connectivity index (χ4n) is 3.12. The summed E-state index contributed by atoms with van der Waals surface area (Å²) >= 11 is 1.76. The van der Waals surface area contributed by atoms with Crippen LogP contribution in [0.15, 0.2) is 29.2 Å². The summed E-state index contributed by atoms with van der Waals surface area (Å²) in [5.74, 6) is 0. The molecule has 2 saturated heterocycles. The molecule has 2 N–H and O–H groups in total. The van der Waals surface area contributed by atoms with Crippen molar-refractivity contribution >= 4 is 23.7 Å². The van der Waals surface area contributed by atoms with Crippen LogP contribution in [0.2, 0.25) is 0 Å². The van der Waals surface area contributed by atoms with Crippen LogP contribution in [0.4, 0.5) is 10.5 Å². The van der Waals surface area contributed by atoms with Gasteiger partial charge in [0.25, 0.3) is 0 Å². The first-order chi connectivity index (χ1) is 12.3. The number of nitrogens with zero attached hydrogens (tertiary/aromatic N) is 2. The van der Waals surface area contributed by atoms with E-state index in [4.69, 9.17) is 4.74 Å². The second-order valence-electron chi connectivity index (χ2n) is 8.00. The molecule has 0 spiro atoms. The normalized spacial score (nSPS) is 19.9. The van der Waals surface area contributed by atoms with Gasteiger partial charge < -0.3 is 20.1 Å². The number of benzene rings is 1. The number of nitrogens with one attached hydrogen (secondary N) is 1. The molecule has 1 amide bonds. The standard InChI is InChI=1S/C19H29N3O3S/c1-19(2,3)25-18(24)20-14-7-9-22(10-8-14)26-17-6-4-5-15(11-17)21-12-16(23)13-21/h4-6,11,14,16,23H,7-10,12-13H2,1-3H3,(H,20,24). The Labute approximate surface area is 160 Å². The van der Waals surface area contributed by atoms with Gasteiger partial charge in [-0.3, -0.25) is 0 Å². The fourth-order valence-corrected chi connectivity index (χ4v) is 4.12. The maximum absolute atomic E-state index is 11.9. The highest BCUT2D eigenvalue weighted by molar-refractivity contribution is 7.97. The van der Waals surface area contributed by atoms with Crippen molar-refractivity contribution in [2.45, 2.75) is 56.3 Å². The molecule has 2 fully saturated rings. The van der Waals surface area contributed by atoms with Crippen molar-refractivity contribution in [1.29, 1.82) is 0 Å². The summed E-state index contributed by atoms with van der Waals surface area (Å²) in [6.07, 6.45) is 1.32. The molecule has 0 saturated carbocycles. The highest BCUT2D eigenvalue weighted by Gasteiger charge is 2.26. The average molecular weight is 380 g/mol. The second kappa shape index (κ2) is 8.06. The van der Waals surface area contributed by atoms with Gasteiger partial charge in [-0.15, -0.1) is 0 Å². The zero-order valence-corrected chi connectivity index (χ0v) is 16.6. The summed E-state index contributed by atoms with van der Waals surface area (Å²) in [7, 11) is 0. The highest BCUT2D eigenvalue weighted by Crippen LogP contribution is 2.30. The molecular weight excluding hydrogens is 350 g/mol. The molecule has 2 heterocycles. The van der Waals surface area contributed by atoms with Gasteiger partial charge in [-0.25, -0.2) is 9.10 Å². The molecule has 7 heteroatoms. The Morgan fingerprint density at radius 3 is 2.58 bits per heavy atom. The summed E-state index contributed by atoms with van der Waals surface area (Å²) in [4.78, 5) is 15.3. The Bertz CT molecular complexity index is 621. The maximum Gasteiger partial charge on any atom is 0.407 e. The Morgan fingerprint density at radius 1 is 1.27 bits per heavy atom. The van der Waals surface area contributed by atoms with Crippen molar-refractivity contribution < 1.29 is 14.6 Å². The number of carbonyl (C=O) groups is 1. The zero-order chi connectivity index (χ0) is 18.7. The summed E-state index contributed by atoms with van der Waals surface area (Å²) in [6, 6.07) is 8.64. The number of carbonyl (C=O) groups excluding carboxylic acids is 1. The van der Waals surface area contributed by atoms with Gasteiger partial charge in [0.15, 0.2) is 0 Å². The van der Waals surface area contributed by atoms with E-state index in [0.717, 1.165) is 39.0 Å². The van der Waals surface area contributed by atoms with Crippen LogP contribution in [0.25, 0.3) is 0 Å². The first-order valence-electron chi connectivity index (χ1n) is 9.24. The molecule has 1 aromatic rings. The van der Waals surface area contributed by atoms with Crippen LogP contribution in [0.1, 0.15) is 33.6 Å². The first-order valence-corrected chi connectivity index (χ1v) is 10.0. The predicted octanol–water partition coefficient (Wildman–Crippen LogP) is 2.86. The van der Waals surface area contributed by atoms with Crippen LogP contribution >= 0.6 is 11.9 Å². The van der Waals surface area contributed by atoms with E-state index in [1.54, 1.807) is 11.9 Å². The molecular formula is C19H29N3O3S. The molecule has 0 aromatic heterocycles. The Morgan fingerprint density at radius 2 is 1.96 bits per heavy atom. The van der Waals surface area contributed by atoms with Gasteiger partial charge >= 0.3 is 6.09 Å². The predicted molar refractivity (Wildman–Crippen MR) is 104 cm³/mol. The number of hydrogen-bond donors (Lipinski definition) is 2. The van der Waals surface area contributed by atoms with Crippen LogP contribution in [0.3, 0.4) is 0 Å². The van der Waals surface area contributed by atoms with E-state index in [9.17, 15) is 9.90 Å². The van der Waals surface area contributed by atoms with Gasteiger partial charge in [0.05, 0.1) is 6.10 Å². The minimum Gasteiger partial charge on any atom is -0.444 e. The molecule has 26 heavy (non-hydrogen) atoms. The molecule has 3 rings (SSSR count). The van der Waals surface area contributed by atoms with Gasteiger partial charge in [0.2, 0.25) is 0 Å². The van der Waals surface area contributed by atoms with E-state index in [0.29, 0.717) is 0 Å². The molecule has 2 aliphatic rings. The van der Waals surface area contributed by atoms with E-state index >= 15 is 0 Å². The lowest BCUT2D eigenvalue weighted by Crippen LogP contribution is -2.50. The molecule has 0 atom stereocenters. The largest absolute Gasteiger partial charge is 0.444 e. The lowest BCUT2D eigenvalue weighted by molar-refractivity contribution is 0.0490. The third-order valence-electron chi connectivity index (χ3n) is 4.45. The van der Waals surface area contributed by atoms with Gasteiger partial charge in [0.1, 0.15) is 5.60 Å². The molecule has 0 bridgehead atoms. The van der Waals surface area contributed by atoms with Gasteiger partial charge in [-0.05, 0) is 63.8 Å². The van der Waals surface area contributed by atoms with Crippen LogP contribution < -0.4 is 10.2 Å². The number of rotatable bonds is 4. The van der Waals surface area contributed by atoms with Crippen LogP contribution in [0, 0.1) is 0 Å². The minimum atomic E-state index is -0.460. The Balaban J connectivity index is 1.44. The van der Waals surface area contributed by atoms with E-state index in [-0.39, 0.29) is 18.2 Å². The number of anilines is 1. The number of aliphatic hydroxyl groups excluding tert-OH is 1. The molecule has 6 nitrogen and oxygen atoms in total. The quantitative estimate of drug-likeness (QED) is 0.785. The van der Waals surface area contributed by atoms with Gasteiger partial charge in [-0.2, -0.15) is 0 Å². The fraction of sp³-hybridized carbons (Fsp3) is 0.632. The average Bonchev–Trinajstić information content (AvgIpc) is 2.52. The summed E-state index contributed by atoms with van der Waals surface area (Å²) in [5.41, 5.74) is 0.708. The number of amides is 1. The van der Waals surface area contributed by atoms with Gasteiger partial charge in [0, 0.05) is 42.8 Å². The van der Waals surface area contributed by atoms with Crippen molar-refractivity contribution in [3.05, 3.63) is 24.3 Å².